The minimum absolute atomic E-state index is 0.260. The van der Waals surface area contributed by atoms with Crippen molar-refractivity contribution < 1.29 is 19.4 Å². The first-order chi connectivity index (χ1) is 11.3. The molecule has 6 nitrogen and oxygen atoms in total. The Labute approximate surface area is 140 Å². The molecule has 1 amide bonds. The number of aliphatic carboxylic acids is 1. The molecule has 1 aromatic carbocycles. The number of methoxy groups -OCH3 is 1. The van der Waals surface area contributed by atoms with Gasteiger partial charge in [-0.2, -0.15) is 0 Å². The third-order valence-electron chi connectivity index (χ3n) is 3.84. The van der Waals surface area contributed by atoms with Crippen LogP contribution in [-0.2, 0) is 10.2 Å². The maximum absolute atomic E-state index is 12.4. The summed E-state index contributed by atoms with van der Waals surface area (Å²) in [7, 11) is 1.46. The molecule has 2 aromatic rings. The van der Waals surface area contributed by atoms with E-state index >= 15 is 0 Å². The molecule has 24 heavy (non-hydrogen) atoms. The fraction of sp³-hybridized carbons (Fsp3) is 0.278. The van der Waals surface area contributed by atoms with Gasteiger partial charge in [0.1, 0.15) is 5.56 Å². The van der Waals surface area contributed by atoms with Crippen molar-refractivity contribution in [1.82, 2.24) is 4.98 Å². The Balaban J connectivity index is 2.20. The van der Waals surface area contributed by atoms with Crippen molar-refractivity contribution >= 4 is 17.6 Å². The Hall–Kier alpha value is -2.89. The molecule has 0 spiro atoms. The standard InChI is InChI=1S/C18H20N2O4/c1-11-5-10-14(16(19-11)24-4)15(21)20-13-8-6-12(7-9-13)18(2,3)17(22)23/h5-10H,1-4H3,(H,20,21)(H,22,23). The lowest BCUT2D eigenvalue weighted by molar-refractivity contribution is -0.142. The van der Waals surface area contributed by atoms with Gasteiger partial charge in [0.25, 0.3) is 5.91 Å². The van der Waals surface area contributed by atoms with Gasteiger partial charge < -0.3 is 15.2 Å². The van der Waals surface area contributed by atoms with E-state index in [4.69, 9.17) is 4.74 Å². The molecule has 0 atom stereocenters. The number of carbonyl (C=O) groups excluding carboxylic acids is 1. The molecule has 0 bridgehead atoms. The molecule has 6 heteroatoms. The van der Waals surface area contributed by atoms with E-state index < -0.39 is 11.4 Å². The Morgan fingerprint density at radius 2 is 1.75 bits per heavy atom. The van der Waals surface area contributed by atoms with Crippen molar-refractivity contribution in [3.8, 4) is 5.88 Å². The number of benzene rings is 1. The summed E-state index contributed by atoms with van der Waals surface area (Å²) < 4.78 is 5.14. The molecule has 0 aliphatic heterocycles. The molecule has 0 fully saturated rings. The van der Waals surface area contributed by atoms with Crippen LogP contribution in [0.2, 0.25) is 0 Å². The van der Waals surface area contributed by atoms with Crippen molar-refractivity contribution in [3.63, 3.8) is 0 Å². The van der Waals surface area contributed by atoms with Crippen molar-refractivity contribution in [2.24, 2.45) is 0 Å². The number of anilines is 1. The van der Waals surface area contributed by atoms with Crippen LogP contribution in [0.5, 0.6) is 5.88 Å². The molecule has 2 N–H and O–H groups in total. The number of hydrogen-bond acceptors (Lipinski definition) is 4. The zero-order chi connectivity index (χ0) is 17.9. The maximum Gasteiger partial charge on any atom is 0.313 e. The number of amides is 1. The SMILES string of the molecule is COc1nc(C)ccc1C(=O)Nc1ccc(C(C)(C)C(=O)O)cc1. The summed E-state index contributed by atoms with van der Waals surface area (Å²) in [4.78, 5) is 27.8. The summed E-state index contributed by atoms with van der Waals surface area (Å²) in [6.07, 6.45) is 0. The summed E-state index contributed by atoms with van der Waals surface area (Å²) in [5, 5.41) is 12.0. The number of carboxylic acid groups (broad SMARTS) is 1. The lowest BCUT2D eigenvalue weighted by atomic mass is 9.85. The number of hydrogen-bond donors (Lipinski definition) is 2. The number of pyridine rings is 1. The second kappa shape index (κ2) is 6.70. The minimum Gasteiger partial charge on any atom is -0.481 e. The number of aromatic nitrogens is 1. The number of nitrogens with zero attached hydrogens (tertiary/aromatic N) is 1. The molecule has 0 saturated heterocycles. The van der Waals surface area contributed by atoms with Crippen LogP contribution in [0.1, 0.15) is 35.5 Å². The first-order valence-corrected chi connectivity index (χ1v) is 7.42. The van der Waals surface area contributed by atoms with E-state index in [0.717, 1.165) is 5.69 Å². The second-order valence-corrected chi connectivity index (χ2v) is 5.97. The zero-order valence-corrected chi connectivity index (χ0v) is 14.1. The Bertz CT molecular complexity index is 767. The predicted molar refractivity (Wildman–Crippen MR) is 90.6 cm³/mol. The summed E-state index contributed by atoms with van der Waals surface area (Å²) in [5.74, 6) is -0.990. The first-order valence-electron chi connectivity index (χ1n) is 7.42. The van der Waals surface area contributed by atoms with Crippen LogP contribution in [0, 0.1) is 6.92 Å². The van der Waals surface area contributed by atoms with E-state index in [2.05, 4.69) is 10.3 Å². The smallest absolute Gasteiger partial charge is 0.313 e. The summed E-state index contributed by atoms with van der Waals surface area (Å²) in [6, 6.07) is 10.1. The fourth-order valence-corrected chi connectivity index (χ4v) is 2.15. The van der Waals surface area contributed by atoms with Crippen LogP contribution < -0.4 is 10.1 Å². The predicted octanol–water partition coefficient (Wildman–Crippen LogP) is 3.01. The lowest BCUT2D eigenvalue weighted by Gasteiger charge is -2.20. The van der Waals surface area contributed by atoms with E-state index in [0.29, 0.717) is 16.8 Å². The van der Waals surface area contributed by atoms with Gasteiger partial charge in [0.05, 0.1) is 12.5 Å². The normalized spacial score (nSPS) is 11.0. The van der Waals surface area contributed by atoms with Crippen LogP contribution in [0.15, 0.2) is 36.4 Å². The number of carboxylic acids is 1. The van der Waals surface area contributed by atoms with Gasteiger partial charge in [0.2, 0.25) is 5.88 Å². The summed E-state index contributed by atoms with van der Waals surface area (Å²) >= 11 is 0. The number of nitrogens with one attached hydrogen (secondary N) is 1. The topological polar surface area (TPSA) is 88.5 Å². The van der Waals surface area contributed by atoms with Gasteiger partial charge in [-0.1, -0.05) is 12.1 Å². The van der Waals surface area contributed by atoms with Gasteiger partial charge in [-0.05, 0) is 50.6 Å². The number of ether oxygens (including phenoxy) is 1. The molecule has 0 aliphatic rings. The van der Waals surface area contributed by atoms with Crippen molar-refractivity contribution in [2.75, 3.05) is 12.4 Å². The van der Waals surface area contributed by atoms with Crippen molar-refractivity contribution in [3.05, 3.63) is 53.2 Å². The molecule has 0 unspecified atom stereocenters. The second-order valence-electron chi connectivity index (χ2n) is 5.97. The van der Waals surface area contributed by atoms with E-state index in [1.807, 2.05) is 6.92 Å². The largest absolute Gasteiger partial charge is 0.481 e. The minimum atomic E-state index is -0.993. The third kappa shape index (κ3) is 3.53. The average molecular weight is 328 g/mol. The average Bonchev–Trinajstić information content (AvgIpc) is 2.54. The molecule has 0 saturated carbocycles. The van der Waals surface area contributed by atoms with Crippen molar-refractivity contribution in [1.29, 1.82) is 0 Å². The van der Waals surface area contributed by atoms with Crippen LogP contribution in [0.4, 0.5) is 5.69 Å². The quantitative estimate of drug-likeness (QED) is 0.881. The molecule has 0 aliphatic carbocycles. The highest BCUT2D eigenvalue weighted by molar-refractivity contribution is 6.05. The van der Waals surface area contributed by atoms with Crippen LogP contribution in [0.25, 0.3) is 0 Å². The maximum atomic E-state index is 12.4. The van der Waals surface area contributed by atoms with E-state index in [1.165, 1.54) is 7.11 Å². The summed E-state index contributed by atoms with van der Waals surface area (Å²) in [5.41, 5.74) is 1.31. The highest BCUT2D eigenvalue weighted by Crippen LogP contribution is 2.25. The van der Waals surface area contributed by atoms with E-state index in [1.54, 1.807) is 50.2 Å². The Morgan fingerprint density at radius 1 is 1.12 bits per heavy atom. The van der Waals surface area contributed by atoms with Crippen LogP contribution >= 0.6 is 0 Å². The molecule has 1 aromatic heterocycles. The van der Waals surface area contributed by atoms with E-state index in [-0.39, 0.29) is 11.8 Å². The molecule has 126 valence electrons. The third-order valence-corrected chi connectivity index (χ3v) is 3.84. The van der Waals surface area contributed by atoms with Crippen LogP contribution in [-0.4, -0.2) is 29.1 Å². The fourth-order valence-electron chi connectivity index (χ4n) is 2.15. The molecule has 1 heterocycles. The van der Waals surface area contributed by atoms with E-state index in [9.17, 15) is 14.7 Å². The highest BCUT2D eigenvalue weighted by atomic mass is 16.5. The first kappa shape index (κ1) is 17.5. The van der Waals surface area contributed by atoms with Gasteiger partial charge in [-0.3, -0.25) is 9.59 Å². The van der Waals surface area contributed by atoms with Gasteiger partial charge in [-0.15, -0.1) is 0 Å². The van der Waals surface area contributed by atoms with Gasteiger partial charge in [0.15, 0.2) is 0 Å². The van der Waals surface area contributed by atoms with Gasteiger partial charge in [0, 0.05) is 11.4 Å². The van der Waals surface area contributed by atoms with Crippen LogP contribution in [0.3, 0.4) is 0 Å². The monoisotopic (exact) mass is 328 g/mol. The number of carbonyl (C=O) groups is 2. The summed E-state index contributed by atoms with van der Waals surface area (Å²) in [6.45, 7) is 5.07. The van der Waals surface area contributed by atoms with Gasteiger partial charge in [-0.25, -0.2) is 4.98 Å². The molecular weight excluding hydrogens is 308 g/mol. The number of aryl methyl sites for hydroxylation is 1. The molecular formula is C18H20N2O4. The Kier molecular flexibility index (Phi) is 4.87. The highest BCUT2D eigenvalue weighted by Gasteiger charge is 2.29. The Morgan fingerprint density at radius 3 is 2.29 bits per heavy atom. The van der Waals surface area contributed by atoms with Gasteiger partial charge >= 0.3 is 5.97 Å². The number of rotatable bonds is 5. The molecule has 0 radical (unpaired) electrons. The van der Waals surface area contributed by atoms with Crippen molar-refractivity contribution in [2.45, 2.75) is 26.2 Å². The molecule has 2 rings (SSSR count). The zero-order valence-electron chi connectivity index (χ0n) is 14.1. The lowest BCUT2D eigenvalue weighted by Crippen LogP contribution is -2.28.